The van der Waals surface area contributed by atoms with Crippen LogP contribution in [-0.2, 0) is 6.61 Å². The number of nitrogens with zero attached hydrogens (tertiary/aromatic N) is 1. The predicted octanol–water partition coefficient (Wildman–Crippen LogP) is 2.70. The molecule has 2 aromatic rings. The molecule has 94 valence electrons. The van der Waals surface area contributed by atoms with Gasteiger partial charge in [0, 0.05) is 11.4 Å². The van der Waals surface area contributed by atoms with Crippen LogP contribution in [0.25, 0.3) is 0 Å². The average molecular weight is 271 g/mol. The lowest BCUT2D eigenvalue weighted by Crippen LogP contribution is -1.99. The Bertz CT molecular complexity index is 585. The molecule has 1 aromatic heterocycles. The van der Waals surface area contributed by atoms with Crippen molar-refractivity contribution in [3.63, 3.8) is 0 Å². The Hall–Kier alpha value is -2.02. The second kappa shape index (κ2) is 5.09. The van der Waals surface area contributed by atoms with Crippen molar-refractivity contribution >= 4 is 17.3 Å². The Balaban J connectivity index is 2.02. The van der Waals surface area contributed by atoms with Crippen LogP contribution < -0.4 is 4.74 Å². The highest BCUT2D eigenvalue weighted by atomic mass is 32.1. The van der Waals surface area contributed by atoms with E-state index in [2.05, 4.69) is 4.98 Å². The fourth-order valence-electron chi connectivity index (χ4n) is 1.20. The van der Waals surface area contributed by atoms with Crippen LogP contribution in [0.3, 0.4) is 0 Å². The molecule has 7 heteroatoms. The molecule has 1 heterocycles. The summed E-state index contributed by atoms with van der Waals surface area (Å²) in [7, 11) is 0. The van der Waals surface area contributed by atoms with Gasteiger partial charge >= 0.3 is 5.97 Å². The van der Waals surface area contributed by atoms with Gasteiger partial charge in [0.25, 0.3) is 0 Å². The number of aromatic nitrogens is 1. The number of rotatable bonds is 4. The lowest BCUT2D eigenvalue weighted by Gasteiger charge is -2.04. The van der Waals surface area contributed by atoms with Gasteiger partial charge in [0.1, 0.15) is 12.4 Å². The number of carbonyl (C=O) groups is 1. The van der Waals surface area contributed by atoms with Crippen molar-refractivity contribution in [2.24, 2.45) is 0 Å². The van der Waals surface area contributed by atoms with E-state index in [4.69, 9.17) is 9.84 Å². The Kier molecular flexibility index (Phi) is 3.52. The summed E-state index contributed by atoms with van der Waals surface area (Å²) in [6, 6.07) is 3.15. The molecule has 0 aliphatic heterocycles. The predicted molar refractivity (Wildman–Crippen MR) is 59.8 cm³/mol. The number of halogens is 2. The summed E-state index contributed by atoms with van der Waals surface area (Å²) in [6.45, 7) is -0.00511. The highest BCUT2D eigenvalue weighted by molar-refractivity contribution is 7.11. The molecule has 0 aliphatic carbocycles. The van der Waals surface area contributed by atoms with Gasteiger partial charge in [-0.2, -0.15) is 0 Å². The zero-order valence-corrected chi connectivity index (χ0v) is 9.71. The highest BCUT2D eigenvalue weighted by Crippen LogP contribution is 2.17. The molecule has 0 amide bonds. The van der Waals surface area contributed by atoms with Crippen LogP contribution in [0.2, 0.25) is 0 Å². The highest BCUT2D eigenvalue weighted by Gasteiger charge is 2.09. The van der Waals surface area contributed by atoms with Gasteiger partial charge in [0.15, 0.2) is 11.6 Å². The second-order valence-electron chi connectivity index (χ2n) is 3.31. The summed E-state index contributed by atoms with van der Waals surface area (Å²) in [5.41, 5.74) is 0.419. The van der Waals surface area contributed by atoms with Crippen molar-refractivity contribution in [3.8, 4) is 5.75 Å². The van der Waals surface area contributed by atoms with Gasteiger partial charge < -0.3 is 9.84 Å². The quantitative estimate of drug-likeness (QED) is 0.928. The van der Waals surface area contributed by atoms with Gasteiger partial charge in [-0.25, -0.2) is 18.6 Å². The largest absolute Gasteiger partial charge is 0.487 e. The summed E-state index contributed by atoms with van der Waals surface area (Å²) in [5, 5.41) is 10.2. The monoisotopic (exact) mass is 271 g/mol. The Morgan fingerprint density at radius 2 is 2.17 bits per heavy atom. The van der Waals surface area contributed by atoms with Crippen LogP contribution in [0.1, 0.15) is 15.5 Å². The average Bonchev–Trinajstić information content (AvgIpc) is 2.79. The zero-order chi connectivity index (χ0) is 13.1. The van der Waals surface area contributed by atoms with Crippen molar-refractivity contribution in [1.29, 1.82) is 0 Å². The smallest absolute Gasteiger partial charge is 0.365 e. The van der Waals surface area contributed by atoms with Crippen molar-refractivity contribution in [3.05, 3.63) is 45.9 Å². The van der Waals surface area contributed by atoms with Crippen LogP contribution >= 0.6 is 11.3 Å². The summed E-state index contributed by atoms with van der Waals surface area (Å²) in [5.74, 6) is -2.92. The van der Waals surface area contributed by atoms with Gasteiger partial charge in [-0.05, 0) is 12.1 Å². The summed E-state index contributed by atoms with van der Waals surface area (Å²) in [4.78, 5) is 14.4. The number of hydrogen-bond acceptors (Lipinski definition) is 4. The maximum absolute atomic E-state index is 12.9. The first-order valence-electron chi connectivity index (χ1n) is 4.82. The summed E-state index contributed by atoms with van der Waals surface area (Å²) in [6.07, 6.45) is 0. The molecule has 4 nitrogen and oxygen atoms in total. The van der Waals surface area contributed by atoms with E-state index in [-0.39, 0.29) is 17.4 Å². The maximum Gasteiger partial charge on any atom is 0.365 e. The maximum atomic E-state index is 12.9. The van der Waals surface area contributed by atoms with Crippen molar-refractivity contribution in [2.75, 3.05) is 0 Å². The van der Waals surface area contributed by atoms with Crippen LogP contribution in [-0.4, -0.2) is 16.1 Å². The number of aromatic carboxylic acids is 1. The van der Waals surface area contributed by atoms with Crippen LogP contribution in [0.4, 0.5) is 8.78 Å². The van der Waals surface area contributed by atoms with Gasteiger partial charge in [0.2, 0.25) is 5.01 Å². The fourth-order valence-corrected chi connectivity index (χ4v) is 1.83. The second-order valence-corrected chi connectivity index (χ2v) is 4.17. The third-order valence-electron chi connectivity index (χ3n) is 2.01. The first-order chi connectivity index (χ1) is 8.56. The Morgan fingerprint density at radius 1 is 1.39 bits per heavy atom. The van der Waals surface area contributed by atoms with Gasteiger partial charge in [-0.15, -0.1) is 11.3 Å². The fraction of sp³-hybridized carbons (Fsp3) is 0.0909. The number of hydrogen-bond donors (Lipinski definition) is 1. The number of ether oxygens (including phenoxy) is 1. The molecule has 1 aromatic carbocycles. The molecule has 0 bridgehead atoms. The normalized spacial score (nSPS) is 10.3. The van der Waals surface area contributed by atoms with Crippen LogP contribution in [0.5, 0.6) is 5.75 Å². The van der Waals surface area contributed by atoms with E-state index in [0.29, 0.717) is 5.69 Å². The van der Waals surface area contributed by atoms with E-state index in [1.54, 1.807) is 0 Å². The molecule has 0 fully saturated rings. The van der Waals surface area contributed by atoms with Crippen molar-refractivity contribution in [2.45, 2.75) is 6.61 Å². The van der Waals surface area contributed by atoms with E-state index in [1.807, 2.05) is 0 Å². The zero-order valence-electron chi connectivity index (χ0n) is 8.89. The lowest BCUT2D eigenvalue weighted by molar-refractivity contribution is 0.0696. The van der Waals surface area contributed by atoms with E-state index in [1.165, 1.54) is 11.4 Å². The van der Waals surface area contributed by atoms with E-state index < -0.39 is 17.6 Å². The van der Waals surface area contributed by atoms with E-state index >= 15 is 0 Å². The molecule has 2 rings (SSSR count). The molecule has 0 aliphatic rings. The minimum absolute atomic E-state index is 0.00511. The third-order valence-corrected chi connectivity index (χ3v) is 2.89. The van der Waals surface area contributed by atoms with E-state index in [9.17, 15) is 13.6 Å². The van der Waals surface area contributed by atoms with Crippen LogP contribution in [0, 0.1) is 11.6 Å². The molecule has 0 saturated heterocycles. The number of carboxylic acid groups (broad SMARTS) is 1. The Morgan fingerprint density at radius 3 is 2.78 bits per heavy atom. The minimum atomic E-state index is -1.11. The third kappa shape index (κ3) is 2.80. The molecule has 0 atom stereocenters. The number of thiazole rings is 1. The molecule has 1 N–H and O–H groups in total. The molecule has 0 radical (unpaired) electrons. The lowest BCUT2D eigenvalue weighted by atomic mass is 10.3. The SMILES string of the molecule is O=C(O)c1nc(COc2ccc(F)c(F)c2)cs1. The molecule has 0 unspecified atom stereocenters. The van der Waals surface area contributed by atoms with Gasteiger partial charge in [0.05, 0.1) is 5.69 Å². The van der Waals surface area contributed by atoms with Gasteiger partial charge in [-0.3, -0.25) is 0 Å². The standard InChI is InChI=1S/C11H7F2NO3S/c12-8-2-1-7(3-9(8)13)17-4-6-5-18-10(14-6)11(15)16/h1-3,5H,4H2,(H,15,16). The first-order valence-corrected chi connectivity index (χ1v) is 5.70. The number of carboxylic acids is 1. The number of benzene rings is 1. The summed E-state index contributed by atoms with van der Waals surface area (Å²) >= 11 is 0.974. The van der Waals surface area contributed by atoms with E-state index in [0.717, 1.165) is 23.5 Å². The van der Waals surface area contributed by atoms with Gasteiger partial charge in [-0.1, -0.05) is 0 Å². The topological polar surface area (TPSA) is 59.4 Å². The summed E-state index contributed by atoms with van der Waals surface area (Å²) < 4.78 is 30.7. The minimum Gasteiger partial charge on any atom is -0.487 e. The molecule has 18 heavy (non-hydrogen) atoms. The Labute approximate surface area is 104 Å². The van der Waals surface area contributed by atoms with Crippen molar-refractivity contribution in [1.82, 2.24) is 4.98 Å². The van der Waals surface area contributed by atoms with Crippen molar-refractivity contribution < 1.29 is 23.4 Å². The first kappa shape index (κ1) is 12.4. The molecule has 0 saturated carbocycles. The molecular weight excluding hydrogens is 264 g/mol. The molecular formula is C11H7F2NO3S. The molecule has 0 spiro atoms. The van der Waals surface area contributed by atoms with Crippen LogP contribution in [0.15, 0.2) is 23.6 Å².